The first kappa shape index (κ1) is 11.7. The second-order valence-corrected chi connectivity index (χ2v) is 3.87. The number of anilines is 2. The van der Waals surface area contributed by atoms with Gasteiger partial charge in [0.2, 0.25) is 5.95 Å². The molecule has 5 nitrogen and oxygen atoms in total. The van der Waals surface area contributed by atoms with E-state index in [1.807, 2.05) is 18.0 Å². The van der Waals surface area contributed by atoms with Gasteiger partial charge in [-0.2, -0.15) is 4.98 Å². The van der Waals surface area contributed by atoms with Gasteiger partial charge in [0.25, 0.3) is 0 Å². The highest BCUT2D eigenvalue weighted by atomic mass is 15.2. The van der Waals surface area contributed by atoms with Gasteiger partial charge in [0.15, 0.2) is 0 Å². The third kappa shape index (κ3) is 3.06. The molecule has 0 spiro atoms. The molecule has 0 aliphatic carbocycles. The summed E-state index contributed by atoms with van der Waals surface area (Å²) in [5, 5.41) is 0. The van der Waals surface area contributed by atoms with Crippen LogP contribution in [-0.4, -0.2) is 30.1 Å². The first-order chi connectivity index (χ1) is 7.04. The van der Waals surface area contributed by atoms with Crippen molar-refractivity contribution in [1.82, 2.24) is 9.97 Å². The van der Waals surface area contributed by atoms with E-state index >= 15 is 0 Å². The Kier molecular flexibility index (Phi) is 3.85. The monoisotopic (exact) mass is 209 g/mol. The Balaban J connectivity index is 2.98. The summed E-state index contributed by atoms with van der Waals surface area (Å²) in [4.78, 5) is 10.3. The molecule has 5 heteroatoms. The summed E-state index contributed by atoms with van der Waals surface area (Å²) >= 11 is 0. The third-order valence-corrected chi connectivity index (χ3v) is 2.20. The highest BCUT2D eigenvalue weighted by Gasteiger charge is 2.08. The Hall–Kier alpha value is -1.36. The summed E-state index contributed by atoms with van der Waals surface area (Å²) in [7, 11) is 1.94. The van der Waals surface area contributed by atoms with Gasteiger partial charge in [0.05, 0.1) is 5.69 Å². The van der Waals surface area contributed by atoms with E-state index < -0.39 is 0 Å². The molecule has 0 aliphatic rings. The molecule has 1 aromatic heterocycles. The fraction of sp³-hybridized carbons (Fsp3) is 0.600. The van der Waals surface area contributed by atoms with Crippen molar-refractivity contribution in [2.45, 2.75) is 19.8 Å². The Labute approximate surface area is 90.5 Å². The number of nitrogens with zero attached hydrogens (tertiary/aromatic N) is 3. The molecule has 0 bridgehead atoms. The molecular weight excluding hydrogens is 190 g/mol. The molecule has 1 rings (SSSR count). The van der Waals surface area contributed by atoms with Gasteiger partial charge in [-0.25, -0.2) is 4.98 Å². The molecule has 0 aliphatic heterocycles. The van der Waals surface area contributed by atoms with Crippen LogP contribution in [0.1, 0.15) is 25.5 Å². The molecule has 1 heterocycles. The molecule has 0 fully saturated rings. The molecule has 0 atom stereocenters. The van der Waals surface area contributed by atoms with Crippen LogP contribution in [0.2, 0.25) is 0 Å². The standard InChI is InChI=1S/C10H19N5/c1-7(2)8-6-9(14-10(12)13-8)15(3)5-4-11/h6-7H,4-5,11H2,1-3H3,(H2,12,13,14). The molecule has 0 saturated heterocycles. The lowest BCUT2D eigenvalue weighted by molar-refractivity contribution is 0.805. The van der Waals surface area contributed by atoms with E-state index in [1.54, 1.807) is 0 Å². The molecule has 84 valence electrons. The summed E-state index contributed by atoms with van der Waals surface area (Å²) < 4.78 is 0. The minimum Gasteiger partial charge on any atom is -0.368 e. The van der Waals surface area contributed by atoms with E-state index in [2.05, 4.69) is 23.8 Å². The average Bonchev–Trinajstić information content (AvgIpc) is 2.17. The summed E-state index contributed by atoms with van der Waals surface area (Å²) in [6.07, 6.45) is 0. The van der Waals surface area contributed by atoms with Crippen LogP contribution in [0.3, 0.4) is 0 Å². The molecule has 1 aromatic rings. The van der Waals surface area contributed by atoms with Crippen LogP contribution in [0.5, 0.6) is 0 Å². The molecule has 0 aromatic carbocycles. The van der Waals surface area contributed by atoms with Gasteiger partial charge in [-0.3, -0.25) is 0 Å². The van der Waals surface area contributed by atoms with Crippen molar-refractivity contribution in [2.75, 3.05) is 30.8 Å². The fourth-order valence-corrected chi connectivity index (χ4v) is 1.27. The van der Waals surface area contributed by atoms with Crippen LogP contribution >= 0.6 is 0 Å². The highest BCUT2D eigenvalue weighted by molar-refractivity contribution is 5.43. The lowest BCUT2D eigenvalue weighted by Gasteiger charge is -2.18. The fourth-order valence-electron chi connectivity index (χ4n) is 1.27. The minimum atomic E-state index is 0.320. The maximum absolute atomic E-state index is 5.65. The van der Waals surface area contributed by atoms with Crippen LogP contribution in [-0.2, 0) is 0 Å². The highest BCUT2D eigenvalue weighted by Crippen LogP contribution is 2.18. The Bertz CT molecular complexity index is 324. The first-order valence-corrected chi connectivity index (χ1v) is 5.10. The van der Waals surface area contributed by atoms with Crippen LogP contribution in [0.15, 0.2) is 6.07 Å². The molecule has 15 heavy (non-hydrogen) atoms. The average molecular weight is 209 g/mol. The number of aromatic nitrogens is 2. The van der Waals surface area contributed by atoms with Crippen molar-refractivity contribution >= 4 is 11.8 Å². The molecule has 0 saturated carbocycles. The van der Waals surface area contributed by atoms with Crippen LogP contribution in [0.4, 0.5) is 11.8 Å². The van der Waals surface area contributed by atoms with Gasteiger partial charge in [0.1, 0.15) is 5.82 Å². The second kappa shape index (κ2) is 4.93. The predicted molar refractivity (Wildman–Crippen MR) is 62.9 cm³/mol. The zero-order chi connectivity index (χ0) is 11.4. The summed E-state index contributed by atoms with van der Waals surface area (Å²) in [5.74, 6) is 1.50. The maximum atomic E-state index is 5.65. The largest absolute Gasteiger partial charge is 0.368 e. The quantitative estimate of drug-likeness (QED) is 0.758. The van der Waals surface area contributed by atoms with E-state index in [0.29, 0.717) is 18.4 Å². The van der Waals surface area contributed by atoms with Gasteiger partial charge >= 0.3 is 0 Å². The van der Waals surface area contributed by atoms with Crippen molar-refractivity contribution in [3.63, 3.8) is 0 Å². The van der Waals surface area contributed by atoms with Gasteiger partial charge in [0, 0.05) is 26.2 Å². The first-order valence-electron chi connectivity index (χ1n) is 5.10. The van der Waals surface area contributed by atoms with Gasteiger partial charge in [-0.15, -0.1) is 0 Å². The second-order valence-electron chi connectivity index (χ2n) is 3.87. The van der Waals surface area contributed by atoms with Gasteiger partial charge in [-0.05, 0) is 5.92 Å². The number of nitrogens with two attached hydrogens (primary N) is 2. The lowest BCUT2D eigenvalue weighted by Crippen LogP contribution is -2.26. The Morgan fingerprint density at radius 3 is 2.60 bits per heavy atom. The zero-order valence-electron chi connectivity index (χ0n) is 9.57. The van der Waals surface area contributed by atoms with Gasteiger partial charge in [-0.1, -0.05) is 13.8 Å². The third-order valence-electron chi connectivity index (χ3n) is 2.20. The zero-order valence-corrected chi connectivity index (χ0v) is 9.57. The van der Waals surface area contributed by atoms with Gasteiger partial charge < -0.3 is 16.4 Å². The van der Waals surface area contributed by atoms with Crippen molar-refractivity contribution in [3.05, 3.63) is 11.8 Å². The topological polar surface area (TPSA) is 81.1 Å². The van der Waals surface area contributed by atoms with E-state index in [0.717, 1.165) is 18.1 Å². The Morgan fingerprint density at radius 1 is 1.40 bits per heavy atom. The number of hydrogen-bond acceptors (Lipinski definition) is 5. The maximum Gasteiger partial charge on any atom is 0.222 e. The van der Waals surface area contributed by atoms with Crippen molar-refractivity contribution in [3.8, 4) is 0 Å². The number of rotatable bonds is 4. The van der Waals surface area contributed by atoms with Crippen LogP contribution < -0.4 is 16.4 Å². The molecule has 4 N–H and O–H groups in total. The van der Waals surface area contributed by atoms with E-state index in [4.69, 9.17) is 11.5 Å². The lowest BCUT2D eigenvalue weighted by atomic mass is 10.1. The predicted octanol–water partition coefficient (Wildman–Crippen LogP) is 0.577. The summed E-state index contributed by atoms with van der Waals surface area (Å²) in [6.45, 7) is 5.51. The molecule has 0 unspecified atom stereocenters. The Morgan fingerprint density at radius 2 is 2.07 bits per heavy atom. The number of hydrogen-bond donors (Lipinski definition) is 2. The van der Waals surface area contributed by atoms with E-state index in [1.165, 1.54) is 0 Å². The molecule has 0 radical (unpaired) electrons. The SMILES string of the molecule is CC(C)c1cc(N(C)CCN)nc(N)n1. The number of nitrogen functional groups attached to an aromatic ring is 1. The normalized spacial score (nSPS) is 10.7. The molecular formula is C10H19N5. The summed E-state index contributed by atoms with van der Waals surface area (Å²) in [5.41, 5.74) is 12.1. The van der Waals surface area contributed by atoms with E-state index in [9.17, 15) is 0 Å². The van der Waals surface area contributed by atoms with Crippen LogP contribution in [0, 0.1) is 0 Å². The van der Waals surface area contributed by atoms with Crippen molar-refractivity contribution < 1.29 is 0 Å². The van der Waals surface area contributed by atoms with E-state index in [-0.39, 0.29) is 0 Å². The van der Waals surface area contributed by atoms with Crippen molar-refractivity contribution in [2.24, 2.45) is 5.73 Å². The van der Waals surface area contributed by atoms with Crippen LogP contribution in [0.25, 0.3) is 0 Å². The summed E-state index contributed by atoms with van der Waals surface area (Å²) in [6, 6.07) is 1.96. The van der Waals surface area contributed by atoms with Crippen molar-refractivity contribution in [1.29, 1.82) is 0 Å². The minimum absolute atomic E-state index is 0.320. The number of likely N-dealkylation sites (N-methyl/N-ethyl adjacent to an activating group) is 1. The smallest absolute Gasteiger partial charge is 0.222 e. The molecule has 0 amide bonds.